The summed E-state index contributed by atoms with van der Waals surface area (Å²) in [5.41, 5.74) is 4.33. The lowest BCUT2D eigenvalue weighted by Gasteiger charge is -2.33. The van der Waals surface area contributed by atoms with Gasteiger partial charge in [-0.3, -0.25) is 4.90 Å². The fourth-order valence-corrected chi connectivity index (χ4v) is 0.696. The van der Waals surface area contributed by atoms with E-state index < -0.39 is 11.8 Å². The Bertz CT molecular complexity index is 147. The van der Waals surface area contributed by atoms with Crippen molar-refractivity contribution in [1.29, 1.82) is 0 Å². The topological polar surface area (TPSA) is 55.6 Å². The van der Waals surface area contributed by atoms with Gasteiger partial charge >= 0.3 is 6.09 Å². The molecule has 0 bridgehead atoms. The Kier molecular flexibility index (Phi) is 3.32. The van der Waals surface area contributed by atoms with Crippen molar-refractivity contribution in [2.24, 2.45) is 5.73 Å². The Morgan fingerprint density at radius 3 is 2.18 bits per heavy atom. The van der Waals surface area contributed by atoms with E-state index in [9.17, 15) is 4.79 Å². The first-order valence-corrected chi connectivity index (χ1v) is 3.58. The second-order valence-corrected chi connectivity index (χ2v) is 2.84. The molecule has 0 unspecified atom stereocenters. The summed E-state index contributed by atoms with van der Waals surface area (Å²) in [5.74, 6) is 0. The molecule has 0 spiro atoms. The molecule has 4 heteroatoms. The van der Waals surface area contributed by atoms with E-state index in [-0.39, 0.29) is 0 Å². The van der Waals surface area contributed by atoms with Gasteiger partial charge in [0.25, 0.3) is 0 Å². The number of carbonyl (C=O) groups is 1. The fourth-order valence-electron chi connectivity index (χ4n) is 0.696. The summed E-state index contributed by atoms with van der Waals surface area (Å²) in [6.07, 6.45) is -0.0220. The number of hydrogen-bond acceptors (Lipinski definition) is 3. The normalized spacial score (nSPS) is 16.1. The van der Waals surface area contributed by atoms with Crippen LogP contribution in [-0.4, -0.2) is 30.8 Å². The van der Waals surface area contributed by atoms with Gasteiger partial charge in [-0.1, -0.05) is 6.92 Å². The summed E-state index contributed by atoms with van der Waals surface area (Å²) in [4.78, 5) is 12.3. The molecule has 0 saturated carbocycles. The highest BCUT2D eigenvalue weighted by molar-refractivity contribution is 5.65. The van der Waals surface area contributed by atoms with Gasteiger partial charge in [-0.05, 0) is 27.4 Å². The first-order valence-electron chi connectivity index (χ1n) is 3.58. The monoisotopic (exact) mass is 160 g/mol. The molecule has 2 N–H and O–H groups in total. The van der Waals surface area contributed by atoms with Crippen molar-refractivity contribution >= 4 is 6.09 Å². The maximum absolute atomic E-state index is 10.5. The molecule has 0 fully saturated rings. The third-order valence-electron chi connectivity index (χ3n) is 1.92. The lowest BCUT2D eigenvalue weighted by molar-refractivity contribution is -0.0743. The Labute approximate surface area is 67.3 Å². The molecule has 66 valence electrons. The van der Waals surface area contributed by atoms with E-state index in [2.05, 4.69) is 0 Å². The van der Waals surface area contributed by atoms with Crippen molar-refractivity contribution in [2.75, 3.05) is 14.1 Å². The minimum Gasteiger partial charge on any atom is -0.428 e. The molecule has 0 aromatic carbocycles. The van der Waals surface area contributed by atoms with Gasteiger partial charge in [-0.15, -0.1) is 0 Å². The van der Waals surface area contributed by atoms with Crippen LogP contribution in [0.15, 0.2) is 0 Å². The van der Waals surface area contributed by atoms with E-state index >= 15 is 0 Å². The zero-order valence-corrected chi connectivity index (χ0v) is 7.55. The van der Waals surface area contributed by atoms with Crippen LogP contribution in [0.2, 0.25) is 0 Å². The molecule has 0 aliphatic heterocycles. The van der Waals surface area contributed by atoms with Crippen LogP contribution in [0, 0.1) is 0 Å². The summed E-state index contributed by atoms with van der Waals surface area (Å²) in [5, 5.41) is 0. The van der Waals surface area contributed by atoms with Crippen molar-refractivity contribution in [1.82, 2.24) is 4.90 Å². The van der Waals surface area contributed by atoms with Crippen LogP contribution in [-0.2, 0) is 4.74 Å². The van der Waals surface area contributed by atoms with Gasteiger partial charge in [0.2, 0.25) is 0 Å². The average molecular weight is 160 g/mol. The lowest BCUT2D eigenvalue weighted by atomic mass is 10.2. The molecule has 0 rings (SSSR count). The smallest absolute Gasteiger partial charge is 0.406 e. The van der Waals surface area contributed by atoms with Crippen molar-refractivity contribution < 1.29 is 9.53 Å². The highest BCUT2D eigenvalue weighted by atomic mass is 16.6. The Morgan fingerprint density at radius 1 is 1.64 bits per heavy atom. The third-order valence-corrected chi connectivity index (χ3v) is 1.92. The minimum absolute atomic E-state index is 0.578. The largest absolute Gasteiger partial charge is 0.428 e. The molecule has 0 aromatic heterocycles. The fraction of sp³-hybridized carbons (Fsp3) is 0.857. The van der Waals surface area contributed by atoms with Gasteiger partial charge in [-0.2, -0.15) is 0 Å². The van der Waals surface area contributed by atoms with Crippen LogP contribution in [0.3, 0.4) is 0 Å². The Hall–Kier alpha value is -0.770. The van der Waals surface area contributed by atoms with E-state index in [1.807, 2.05) is 32.8 Å². The van der Waals surface area contributed by atoms with Gasteiger partial charge < -0.3 is 10.5 Å². The van der Waals surface area contributed by atoms with E-state index in [4.69, 9.17) is 10.5 Å². The van der Waals surface area contributed by atoms with Gasteiger partial charge in [0.15, 0.2) is 5.72 Å². The van der Waals surface area contributed by atoms with Crippen LogP contribution in [0.25, 0.3) is 0 Å². The number of amides is 1. The van der Waals surface area contributed by atoms with Crippen LogP contribution in [0.1, 0.15) is 20.3 Å². The van der Waals surface area contributed by atoms with E-state index in [0.29, 0.717) is 6.42 Å². The number of nitrogens with zero attached hydrogens (tertiary/aromatic N) is 1. The Balaban J connectivity index is 4.22. The van der Waals surface area contributed by atoms with E-state index in [1.165, 1.54) is 0 Å². The van der Waals surface area contributed by atoms with Gasteiger partial charge in [0, 0.05) is 0 Å². The Morgan fingerprint density at radius 2 is 2.09 bits per heavy atom. The molecule has 0 aliphatic rings. The zero-order valence-electron chi connectivity index (χ0n) is 7.55. The maximum atomic E-state index is 10.5. The van der Waals surface area contributed by atoms with Crippen molar-refractivity contribution in [3.05, 3.63) is 0 Å². The quantitative estimate of drug-likeness (QED) is 0.620. The maximum Gasteiger partial charge on any atom is 0.406 e. The molecular formula is C7H16N2O2. The van der Waals surface area contributed by atoms with Crippen molar-refractivity contribution in [3.8, 4) is 0 Å². The predicted molar refractivity (Wildman–Crippen MR) is 43.1 cm³/mol. The predicted octanol–water partition coefficient (Wildman–Crippen LogP) is 0.770. The molecular weight excluding hydrogens is 144 g/mol. The van der Waals surface area contributed by atoms with Crippen LogP contribution < -0.4 is 5.73 Å². The molecule has 0 aromatic rings. The first kappa shape index (κ1) is 10.2. The van der Waals surface area contributed by atoms with Gasteiger partial charge in [-0.25, -0.2) is 4.79 Å². The lowest BCUT2D eigenvalue weighted by Crippen LogP contribution is -2.45. The molecule has 11 heavy (non-hydrogen) atoms. The minimum atomic E-state index is -0.733. The molecule has 0 saturated heterocycles. The third kappa shape index (κ3) is 2.76. The summed E-state index contributed by atoms with van der Waals surface area (Å²) in [6.45, 7) is 3.75. The summed E-state index contributed by atoms with van der Waals surface area (Å²) in [7, 11) is 3.68. The van der Waals surface area contributed by atoms with Crippen LogP contribution in [0.5, 0.6) is 0 Å². The molecule has 0 aliphatic carbocycles. The average Bonchev–Trinajstić information content (AvgIpc) is 1.86. The van der Waals surface area contributed by atoms with Crippen molar-refractivity contribution in [3.63, 3.8) is 0 Å². The SMILES string of the molecule is CC[C@](C)(OC(N)=O)N(C)C. The summed E-state index contributed by atoms with van der Waals surface area (Å²) >= 11 is 0. The van der Waals surface area contributed by atoms with Crippen molar-refractivity contribution in [2.45, 2.75) is 26.0 Å². The van der Waals surface area contributed by atoms with Crippen LogP contribution in [0.4, 0.5) is 4.79 Å². The molecule has 4 nitrogen and oxygen atoms in total. The number of nitrogens with two attached hydrogens (primary N) is 1. The zero-order chi connectivity index (χ0) is 9.07. The number of ether oxygens (including phenoxy) is 1. The highest BCUT2D eigenvalue weighted by Gasteiger charge is 2.27. The molecule has 0 radical (unpaired) electrons. The number of rotatable bonds is 3. The van der Waals surface area contributed by atoms with Gasteiger partial charge in [0.1, 0.15) is 0 Å². The van der Waals surface area contributed by atoms with Gasteiger partial charge in [0.05, 0.1) is 0 Å². The number of primary amides is 1. The highest BCUT2D eigenvalue weighted by Crippen LogP contribution is 2.16. The molecule has 1 amide bonds. The summed E-state index contributed by atoms with van der Waals surface area (Å²) < 4.78 is 4.91. The van der Waals surface area contributed by atoms with E-state index in [1.54, 1.807) is 0 Å². The second kappa shape index (κ2) is 3.57. The van der Waals surface area contributed by atoms with Crippen LogP contribution >= 0.6 is 0 Å². The first-order chi connectivity index (χ1) is 4.92. The number of carbonyl (C=O) groups excluding carboxylic acids is 1. The summed E-state index contributed by atoms with van der Waals surface area (Å²) in [6, 6.07) is 0. The second-order valence-electron chi connectivity index (χ2n) is 2.84. The standard InChI is InChI=1S/C7H16N2O2/c1-5-7(2,9(3)4)11-6(8)10/h5H2,1-4H3,(H2,8,10)/t7-/m0/s1. The van der Waals surface area contributed by atoms with E-state index in [0.717, 1.165) is 0 Å². The number of hydrogen-bond donors (Lipinski definition) is 1. The molecule has 1 atom stereocenters. The molecule has 0 heterocycles.